The van der Waals surface area contributed by atoms with Crippen LogP contribution in [-0.2, 0) is 22.7 Å². The molecule has 1 spiro atoms. The van der Waals surface area contributed by atoms with Crippen molar-refractivity contribution in [2.45, 2.75) is 49.9 Å². The third kappa shape index (κ3) is 6.46. The number of primary amides is 1. The Hall–Kier alpha value is -2.78. The van der Waals surface area contributed by atoms with Gasteiger partial charge in [-0.1, -0.05) is 60.7 Å². The molecule has 2 aromatic carbocycles. The van der Waals surface area contributed by atoms with Gasteiger partial charge in [-0.2, -0.15) is 0 Å². The quantitative estimate of drug-likeness (QED) is 0.513. The Balaban J connectivity index is 0.000000165. The molecule has 0 aromatic heterocycles. The lowest BCUT2D eigenvalue weighted by atomic mass is 9.87. The first-order valence-electron chi connectivity index (χ1n) is 12.5. The maximum atomic E-state index is 11.8. The van der Waals surface area contributed by atoms with Crippen molar-refractivity contribution in [1.82, 2.24) is 20.4 Å². The third-order valence-corrected chi connectivity index (χ3v) is 7.56. The van der Waals surface area contributed by atoms with Crippen molar-refractivity contribution in [3.05, 3.63) is 71.8 Å². The first-order chi connectivity index (χ1) is 16.9. The molecule has 188 valence electrons. The summed E-state index contributed by atoms with van der Waals surface area (Å²) in [6, 6.07) is 20.8. The predicted molar refractivity (Wildman–Crippen MR) is 137 cm³/mol. The van der Waals surface area contributed by atoms with E-state index in [1.54, 1.807) is 0 Å². The molecule has 0 atom stereocenters. The highest BCUT2D eigenvalue weighted by atomic mass is 16.2. The minimum Gasteiger partial charge on any atom is -0.368 e. The lowest BCUT2D eigenvalue weighted by molar-refractivity contribution is -0.126. The van der Waals surface area contributed by atoms with Crippen molar-refractivity contribution in [3.63, 3.8) is 0 Å². The van der Waals surface area contributed by atoms with Gasteiger partial charge in [-0.25, -0.2) is 0 Å². The average Bonchev–Trinajstić information content (AvgIpc) is 3.23. The third-order valence-electron chi connectivity index (χ3n) is 7.56. The minimum atomic E-state index is -0.798. The van der Waals surface area contributed by atoms with E-state index < -0.39 is 5.54 Å². The largest absolute Gasteiger partial charge is 0.368 e. The first-order valence-corrected chi connectivity index (χ1v) is 12.5. The van der Waals surface area contributed by atoms with Gasteiger partial charge in [-0.3, -0.25) is 24.7 Å². The monoisotopic (exact) mass is 478 g/mol. The summed E-state index contributed by atoms with van der Waals surface area (Å²) < 4.78 is 0. The molecule has 3 aliphatic rings. The van der Waals surface area contributed by atoms with E-state index in [1.165, 1.54) is 11.1 Å². The number of likely N-dealkylation sites (tertiary alicyclic amines) is 2. The number of hydrogen-bond donors (Lipinski definition) is 4. The van der Waals surface area contributed by atoms with Crippen molar-refractivity contribution in [2.24, 2.45) is 11.5 Å². The van der Waals surface area contributed by atoms with Gasteiger partial charge in [0.25, 0.3) is 0 Å². The van der Waals surface area contributed by atoms with Crippen molar-refractivity contribution < 1.29 is 9.59 Å². The number of benzene rings is 2. The lowest BCUT2D eigenvalue weighted by Gasteiger charge is -2.37. The molecule has 8 heteroatoms. The number of nitrogens with two attached hydrogens (primary N) is 2. The summed E-state index contributed by atoms with van der Waals surface area (Å²) in [5.74, 6) is -0.196. The molecule has 3 aliphatic heterocycles. The van der Waals surface area contributed by atoms with Crippen molar-refractivity contribution in [3.8, 4) is 0 Å². The van der Waals surface area contributed by atoms with Crippen LogP contribution in [0.4, 0.5) is 0 Å². The summed E-state index contributed by atoms with van der Waals surface area (Å²) in [7, 11) is 0. The van der Waals surface area contributed by atoms with Crippen LogP contribution < -0.4 is 22.1 Å². The highest BCUT2D eigenvalue weighted by molar-refractivity contribution is 5.88. The highest BCUT2D eigenvalue weighted by Gasteiger charge is 2.44. The van der Waals surface area contributed by atoms with Crippen LogP contribution in [0.25, 0.3) is 0 Å². The van der Waals surface area contributed by atoms with Crippen LogP contribution >= 0.6 is 0 Å². The second-order valence-electron chi connectivity index (χ2n) is 9.99. The van der Waals surface area contributed by atoms with Crippen LogP contribution in [0.1, 0.15) is 36.8 Å². The molecule has 0 saturated carbocycles. The Morgan fingerprint density at radius 1 is 0.800 bits per heavy atom. The molecule has 3 fully saturated rings. The first kappa shape index (κ1) is 25.3. The normalized spacial score (nSPS) is 21.7. The Kier molecular flexibility index (Phi) is 8.18. The highest BCUT2D eigenvalue weighted by Crippen LogP contribution is 2.25. The van der Waals surface area contributed by atoms with Gasteiger partial charge < -0.3 is 16.8 Å². The van der Waals surface area contributed by atoms with Crippen molar-refractivity contribution in [2.75, 3.05) is 32.8 Å². The van der Waals surface area contributed by atoms with Gasteiger partial charge in [0.2, 0.25) is 11.8 Å². The molecule has 8 nitrogen and oxygen atoms in total. The number of hydrogen-bond acceptors (Lipinski definition) is 6. The van der Waals surface area contributed by atoms with Crippen LogP contribution in [0.5, 0.6) is 0 Å². The van der Waals surface area contributed by atoms with Crippen molar-refractivity contribution >= 4 is 11.8 Å². The number of amides is 2. The van der Waals surface area contributed by atoms with E-state index in [-0.39, 0.29) is 17.4 Å². The number of rotatable bonds is 5. The van der Waals surface area contributed by atoms with Gasteiger partial charge in [0.15, 0.2) is 0 Å². The zero-order valence-corrected chi connectivity index (χ0v) is 20.4. The summed E-state index contributed by atoms with van der Waals surface area (Å²) >= 11 is 0. The molecule has 0 aliphatic carbocycles. The maximum absolute atomic E-state index is 11.8. The van der Waals surface area contributed by atoms with E-state index in [0.717, 1.165) is 52.1 Å². The second-order valence-corrected chi connectivity index (χ2v) is 9.99. The minimum absolute atomic E-state index is 0.182. The van der Waals surface area contributed by atoms with Gasteiger partial charge in [-0.05, 0) is 36.8 Å². The second kappa shape index (κ2) is 11.3. The van der Waals surface area contributed by atoms with E-state index in [2.05, 4.69) is 56.8 Å². The van der Waals surface area contributed by atoms with E-state index >= 15 is 0 Å². The van der Waals surface area contributed by atoms with E-state index in [1.807, 2.05) is 24.3 Å². The Bertz CT molecular complexity index is 968. The number of piperidine rings is 2. The maximum Gasteiger partial charge on any atom is 0.241 e. The molecular formula is C27H38N6O2. The molecule has 3 heterocycles. The van der Waals surface area contributed by atoms with Crippen LogP contribution in [0, 0.1) is 0 Å². The topological polar surface area (TPSA) is 117 Å². The van der Waals surface area contributed by atoms with Gasteiger partial charge >= 0.3 is 0 Å². The Labute approximate surface area is 208 Å². The van der Waals surface area contributed by atoms with Crippen LogP contribution in [-0.4, -0.2) is 65.5 Å². The molecule has 2 aromatic rings. The number of carbonyl (C=O) groups is 2. The molecule has 35 heavy (non-hydrogen) atoms. The summed E-state index contributed by atoms with van der Waals surface area (Å²) in [6.45, 7) is 6.14. The molecule has 0 unspecified atom stereocenters. The number of carbonyl (C=O) groups excluding carboxylic acids is 2. The molecule has 0 radical (unpaired) electrons. The molecule has 2 amide bonds. The summed E-state index contributed by atoms with van der Waals surface area (Å²) in [4.78, 5) is 27.8. The lowest BCUT2D eigenvalue weighted by Crippen LogP contribution is -2.58. The van der Waals surface area contributed by atoms with Crippen molar-refractivity contribution in [1.29, 1.82) is 0 Å². The van der Waals surface area contributed by atoms with Gasteiger partial charge in [-0.15, -0.1) is 0 Å². The zero-order chi connectivity index (χ0) is 24.7. The molecule has 6 N–H and O–H groups in total. The average molecular weight is 479 g/mol. The van der Waals surface area contributed by atoms with E-state index in [9.17, 15) is 9.59 Å². The SMILES string of the molecule is NC(=O)C1(N)CCN(Cc2ccccc2)CC1.O=C1NCNC12CCN(Cc1ccccc1)CC2. The Morgan fingerprint density at radius 3 is 1.66 bits per heavy atom. The van der Waals surface area contributed by atoms with E-state index in [0.29, 0.717) is 19.5 Å². The summed E-state index contributed by atoms with van der Waals surface area (Å²) in [5, 5.41) is 6.19. The van der Waals surface area contributed by atoms with Crippen LogP contribution in [0.3, 0.4) is 0 Å². The number of nitrogens with zero attached hydrogens (tertiary/aromatic N) is 2. The van der Waals surface area contributed by atoms with Gasteiger partial charge in [0.05, 0.1) is 12.2 Å². The fourth-order valence-electron chi connectivity index (χ4n) is 5.08. The predicted octanol–water partition coefficient (Wildman–Crippen LogP) is 1.16. The van der Waals surface area contributed by atoms with Gasteiger partial charge in [0.1, 0.15) is 5.54 Å². The zero-order valence-electron chi connectivity index (χ0n) is 20.4. The molecular weight excluding hydrogens is 440 g/mol. The smallest absolute Gasteiger partial charge is 0.241 e. The Morgan fingerprint density at radius 2 is 1.26 bits per heavy atom. The van der Waals surface area contributed by atoms with E-state index in [4.69, 9.17) is 11.5 Å². The molecule has 3 saturated heterocycles. The summed E-state index contributed by atoms with van der Waals surface area (Å²) in [6.07, 6.45) is 3.11. The molecule has 5 rings (SSSR count). The fraction of sp³-hybridized carbons (Fsp3) is 0.481. The van der Waals surface area contributed by atoms with Gasteiger partial charge in [0, 0.05) is 39.3 Å². The van der Waals surface area contributed by atoms with Crippen LogP contribution in [0.2, 0.25) is 0 Å². The standard InChI is InChI=1S/C14H19N3O.C13H19N3O/c18-13-14(16-11-15-13)6-8-17(9-7-14)10-12-4-2-1-3-5-12;14-12(17)13(15)6-8-16(9-7-13)10-11-4-2-1-3-5-11/h1-5,16H,6-11H2,(H,15,18);1-5H,6-10,15H2,(H2,14,17). The van der Waals surface area contributed by atoms with Crippen LogP contribution in [0.15, 0.2) is 60.7 Å². The molecule has 0 bridgehead atoms. The fourth-order valence-corrected chi connectivity index (χ4v) is 5.08. The number of nitrogens with one attached hydrogen (secondary N) is 2. The summed E-state index contributed by atoms with van der Waals surface area (Å²) in [5.41, 5.74) is 12.8.